The van der Waals surface area contributed by atoms with Crippen molar-refractivity contribution in [3.05, 3.63) is 5.15 Å². The van der Waals surface area contributed by atoms with Gasteiger partial charge in [0.05, 0.1) is 11.7 Å². The normalized spacial score (nSPS) is 18.1. The fraction of sp³-hybridized carbons (Fsp3) is 0.778. The summed E-state index contributed by atoms with van der Waals surface area (Å²) in [6, 6.07) is 0. The van der Waals surface area contributed by atoms with E-state index in [1.807, 2.05) is 0 Å². The molecule has 2 rings (SSSR count). The number of anilines is 1. The lowest BCUT2D eigenvalue weighted by atomic mass is 10.0. The molecule has 0 unspecified atom stereocenters. The zero-order chi connectivity index (χ0) is 10.0. The molecule has 5 heteroatoms. The van der Waals surface area contributed by atoms with Crippen LogP contribution in [0.5, 0.6) is 0 Å². The predicted octanol–water partition coefficient (Wildman–Crippen LogP) is 3.18. The topological polar surface area (TPSA) is 37.8 Å². The van der Waals surface area contributed by atoms with Crippen LogP contribution in [0.1, 0.15) is 32.6 Å². The molecule has 0 spiro atoms. The first-order valence-electron chi connectivity index (χ1n) is 4.98. The molecule has 1 fully saturated rings. The number of nitrogens with one attached hydrogen (secondary N) is 1. The molecule has 1 aliphatic rings. The van der Waals surface area contributed by atoms with Gasteiger partial charge in [0.1, 0.15) is 0 Å². The molecule has 0 radical (unpaired) electrons. The van der Waals surface area contributed by atoms with Gasteiger partial charge >= 0.3 is 0 Å². The summed E-state index contributed by atoms with van der Waals surface area (Å²) in [5.74, 6) is 0.749. The van der Waals surface area contributed by atoms with Gasteiger partial charge in [0, 0.05) is 6.54 Å². The molecule has 14 heavy (non-hydrogen) atoms. The van der Waals surface area contributed by atoms with E-state index < -0.39 is 0 Å². The second-order valence-corrected chi connectivity index (χ2v) is 4.89. The monoisotopic (exact) mass is 231 g/mol. The molecule has 0 bridgehead atoms. The maximum Gasteiger partial charge on any atom is 0.186 e. The summed E-state index contributed by atoms with van der Waals surface area (Å²) in [6.45, 7) is 3.23. The molecular formula is C9H14ClN3S. The van der Waals surface area contributed by atoms with Crippen LogP contribution in [0.15, 0.2) is 0 Å². The summed E-state index contributed by atoms with van der Waals surface area (Å²) in [7, 11) is 0. The fourth-order valence-corrected chi connectivity index (χ4v) is 2.46. The third kappa shape index (κ3) is 2.17. The van der Waals surface area contributed by atoms with Gasteiger partial charge in [0.15, 0.2) is 11.0 Å². The maximum absolute atomic E-state index is 5.84. The minimum Gasteiger partial charge on any atom is -0.366 e. The minimum absolute atomic E-state index is 0.502. The van der Waals surface area contributed by atoms with E-state index in [1.165, 1.54) is 25.7 Å². The van der Waals surface area contributed by atoms with Crippen LogP contribution >= 0.6 is 23.3 Å². The van der Waals surface area contributed by atoms with E-state index in [-0.39, 0.29) is 0 Å². The van der Waals surface area contributed by atoms with E-state index in [0.717, 1.165) is 24.1 Å². The largest absolute Gasteiger partial charge is 0.366 e. The molecule has 0 amide bonds. The Morgan fingerprint density at radius 2 is 2.29 bits per heavy atom. The summed E-state index contributed by atoms with van der Waals surface area (Å²) in [5, 5.41) is 3.79. The SMILES string of the molecule is CCCC1(CNc2nsnc2Cl)CC1. The summed E-state index contributed by atoms with van der Waals surface area (Å²) in [4.78, 5) is 0. The lowest BCUT2D eigenvalue weighted by molar-refractivity contribution is 0.485. The van der Waals surface area contributed by atoms with Crippen LogP contribution in [0.2, 0.25) is 5.15 Å². The smallest absolute Gasteiger partial charge is 0.186 e. The van der Waals surface area contributed by atoms with E-state index in [9.17, 15) is 0 Å². The highest BCUT2D eigenvalue weighted by atomic mass is 35.5. The summed E-state index contributed by atoms with van der Waals surface area (Å²) in [6.07, 6.45) is 5.23. The minimum atomic E-state index is 0.502. The molecule has 0 saturated heterocycles. The molecule has 78 valence electrons. The summed E-state index contributed by atoms with van der Waals surface area (Å²) < 4.78 is 8.01. The standard InChI is InChI=1S/C9H14ClN3S/c1-2-3-9(4-5-9)6-11-8-7(10)12-14-13-8/h2-6H2,1H3,(H,11,13). The van der Waals surface area contributed by atoms with Crippen molar-refractivity contribution in [2.75, 3.05) is 11.9 Å². The molecule has 0 aliphatic heterocycles. The highest BCUT2D eigenvalue weighted by Crippen LogP contribution is 2.49. The second-order valence-electron chi connectivity index (χ2n) is 4.01. The number of nitrogens with zero attached hydrogens (tertiary/aromatic N) is 2. The number of rotatable bonds is 5. The molecule has 1 N–H and O–H groups in total. The summed E-state index contributed by atoms with van der Waals surface area (Å²) in [5.41, 5.74) is 0.529. The molecule has 3 nitrogen and oxygen atoms in total. The molecular weight excluding hydrogens is 218 g/mol. The van der Waals surface area contributed by atoms with Crippen molar-refractivity contribution in [3.8, 4) is 0 Å². The van der Waals surface area contributed by atoms with Gasteiger partial charge in [-0.05, 0) is 24.7 Å². The Labute approximate surface area is 93.2 Å². The van der Waals surface area contributed by atoms with Crippen molar-refractivity contribution in [3.63, 3.8) is 0 Å². The van der Waals surface area contributed by atoms with Gasteiger partial charge in [0.2, 0.25) is 0 Å². The third-order valence-electron chi connectivity index (χ3n) is 2.82. The first kappa shape index (κ1) is 10.2. The average Bonchev–Trinajstić information content (AvgIpc) is 2.81. The Kier molecular flexibility index (Phi) is 2.93. The Bertz CT molecular complexity index is 309. The summed E-state index contributed by atoms with van der Waals surface area (Å²) >= 11 is 7.00. The highest BCUT2D eigenvalue weighted by molar-refractivity contribution is 6.99. The van der Waals surface area contributed by atoms with Crippen LogP contribution in [-0.4, -0.2) is 15.3 Å². The molecule has 1 aliphatic carbocycles. The van der Waals surface area contributed by atoms with Crippen molar-refractivity contribution in [2.45, 2.75) is 32.6 Å². The fourth-order valence-electron chi connectivity index (χ4n) is 1.78. The van der Waals surface area contributed by atoms with Crippen molar-refractivity contribution < 1.29 is 0 Å². The molecule has 1 saturated carbocycles. The highest BCUT2D eigenvalue weighted by Gasteiger charge is 2.41. The van der Waals surface area contributed by atoms with Crippen molar-refractivity contribution >= 4 is 29.1 Å². The van der Waals surface area contributed by atoms with Gasteiger partial charge in [-0.2, -0.15) is 8.75 Å². The number of halogens is 1. The molecule has 1 aromatic heterocycles. The van der Waals surface area contributed by atoms with Gasteiger partial charge < -0.3 is 5.32 Å². The number of hydrogen-bond acceptors (Lipinski definition) is 4. The maximum atomic E-state index is 5.84. The van der Waals surface area contributed by atoms with Crippen LogP contribution in [0.3, 0.4) is 0 Å². The molecule has 1 aromatic rings. The van der Waals surface area contributed by atoms with E-state index in [0.29, 0.717) is 10.6 Å². The van der Waals surface area contributed by atoms with E-state index in [4.69, 9.17) is 11.6 Å². The van der Waals surface area contributed by atoms with Gasteiger partial charge in [-0.1, -0.05) is 24.9 Å². The van der Waals surface area contributed by atoms with Gasteiger partial charge in [-0.15, -0.1) is 0 Å². The van der Waals surface area contributed by atoms with E-state index in [2.05, 4.69) is 21.0 Å². The Hall–Kier alpha value is -0.350. The van der Waals surface area contributed by atoms with Crippen molar-refractivity contribution in [2.24, 2.45) is 5.41 Å². The third-order valence-corrected chi connectivity index (χ3v) is 3.71. The average molecular weight is 232 g/mol. The Balaban J connectivity index is 1.86. The van der Waals surface area contributed by atoms with Crippen LogP contribution < -0.4 is 5.32 Å². The molecule has 0 atom stereocenters. The molecule has 1 heterocycles. The van der Waals surface area contributed by atoms with Crippen molar-refractivity contribution in [1.82, 2.24) is 8.75 Å². The quantitative estimate of drug-likeness (QED) is 0.846. The Morgan fingerprint density at radius 3 is 2.79 bits per heavy atom. The second kappa shape index (κ2) is 4.03. The number of hydrogen-bond donors (Lipinski definition) is 1. The van der Waals surface area contributed by atoms with Crippen LogP contribution in [-0.2, 0) is 0 Å². The first-order valence-corrected chi connectivity index (χ1v) is 6.08. The lowest BCUT2D eigenvalue weighted by Gasteiger charge is -2.14. The first-order chi connectivity index (χ1) is 6.76. The van der Waals surface area contributed by atoms with Gasteiger partial charge in [0.25, 0.3) is 0 Å². The number of aromatic nitrogens is 2. The molecule has 0 aromatic carbocycles. The van der Waals surface area contributed by atoms with E-state index >= 15 is 0 Å². The zero-order valence-corrected chi connectivity index (χ0v) is 9.79. The lowest BCUT2D eigenvalue weighted by Crippen LogP contribution is -2.15. The predicted molar refractivity (Wildman–Crippen MR) is 60.0 cm³/mol. The van der Waals surface area contributed by atoms with Gasteiger partial charge in [-0.3, -0.25) is 0 Å². The Morgan fingerprint density at radius 1 is 1.50 bits per heavy atom. The van der Waals surface area contributed by atoms with Crippen LogP contribution in [0.25, 0.3) is 0 Å². The van der Waals surface area contributed by atoms with Crippen LogP contribution in [0, 0.1) is 5.41 Å². The zero-order valence-electron chi connectivity index (χ0n) is 8.22. The van der Waals surface area contributed by atoms with Crippen molar-refractivity contribution in [1.29, 1.82) is 0 Å². The van der Waals surface area contributed by atoms with Crippen LogP contribution in [0.4, 0.5) is 5.82 Å². The van der Waals surface area contributed by atoms with E-state index in [1.54, 1.807) is 0 Å². The van der Waals surface area contributed by atoms with Gasteiger partial charge in [-0.25, -0.2) is 0 Å².